The lowest BCUT2D eigenvalue weighted by Crippen LogP contribution is -2.30. The zero-order valence-corrected chi connectivity index (χ0v) is 10.6. The van der Waals surface area contributed by atoms with Crippen molar-refractivity contribution in [3.63, 3.8) is 0 Å². The summed E-state index contributed by atoms with van der Waals surface area (Å²) >= 11 is 1.41. The first-order valence-corrected chi connectivity index (χ1v) is 6.82. The van der Waals surface area contributed by atoms with E-state index in [0.29, 0.717) is 12.8 Å². The molecule has 0 saturated heterocycles. The van der Waals surface area contributed by atoms with Gasteiger partial charge in [0.05, 0.1) is 17.3 Å². The summed E-state index contributed by atoms with van der Waals surface area (Å²) in [5.74, 6) is -1.40. The maximum atomic E-state index is 12.5. The molecule has 1 aromatic rings. The molecular formula is C12H14F3NOS. The highest BCUT2D eigenvalue weighted by atomic mass is 32.1. The maximum Gasteiger partial charge on any atom is 0.391 e. The molecule has 2 rings (SSSR count). The van der Waals surface area contributed by atoms with Crippen molar-refractivity contribution in [3.8, 4) is 0 Å². The molecule has 0 unspecified atom stereocenters. The molecule has 0 spiro atoms. The number of thiazole rings is 1. The zero-order valence-electron chi connectivity index (χ0n) is 9.74. The second-order valence-electron chi connectivity index (χ2n) is 4.66. The maximum absolute atomic E-state index is 12.5. The fourth-order valence-electron chi connectivity index (χ4n) is 2.38. The van der Waals surface area contributed by atoms with Crippen molar-refractivity contribution in [1.82, 2.24) is 4.98 Å². The van der Waals surface area contributed by atoms with Crippen LogP contribution in [0.5, 0.6) is 0 Å². The average Bonchev–Trinajstić information content (AvgIpc) is 2.81. The van der Waals surface area contributed by atoms with Crippen molar-refractivity contribution < 1.29 is 18.0 Å². The van der Waals surface area contributed by atoms with Crippen LogP contribution in [-0.4, -0.2) is 16.9 Å². The smallest absolute Gasteiger partial charge is 0.299 e. The van der Waals surface area contributed by atoms with Gasteiger partial charge in [-0.2, -0.15) is 13.2 Å². The minimum absolute atomic E-state index is 0.0329. The van der Waals surface area contributed by atoms with Crippen LogP contribution in [0.3, 0.4) is 0 Å². The first kappa shape index (κ1) is 13.5. The summed E-state index contributed by atoms with van der Waals surface area (Å²) in [6.45, 7) is 0. The second kappa shape index (κ2) is 5.38. The SMILES string of the molecule is O=C(Cc1nccs1)C1CCC(C(F)(F)F)CC1. The molecule has 6 heteroatoms. The van der Waals surface area contributed by atoms with E-state index in [1.807, 2.05) is 0 Å². The Bertz CT molecular complexity index is 394. The number of ketones is 1. The quantitative estimate of drug-likeness (QED) is 0.844. The van der Waals surface area contributed by atoms with Gasteiger partial charge in [0.2, 0.25) is 0 Å². The van der Waals surface area contributed by atoms with E-state index in [1.54, 1.807) is 11.6 Å². The molecule has 1 fully saturated rings. The van der Waals surface area contributed by atoms with E-state index in [-0.39, 0.29) is 31.0 Å². The number of carbonyl (C=O) groups excluding carboxylic acids is 1. The van der Waals surface area contributed by atoms with E-state index in [4.69, 9.17) is 0 Å². The molecule has 1 saturated carbocycles. The van der Waals surface area contributed by atoms with Crippen LogP contribution in [0.4, 0.5) is 13.2 Å². The topological polar surface area (TPSA) is 30.0 Å². The monoisotopic (exact) mass is 277 g/mol. The third-order valence-electron chi connectivity index (χ3n) is 3.45. The number of halogens is 3. The van der Waals surface area contributed by atoms with Gasteiger partial charge in [-0.3, -0.25) is 4.79 Å². The van der Waals surface area contributed by atoms with Gasteiger partial charge in [-0.1, -0.05) is 0 Å². The number of hydrogen-bond acceptors (Lipinski definition) is 3. The third-order valence-corrected chi connectivity index (χ3v) is 4.23. The van der Waals surface area contributed by atoms with Crippen LogP contribution in [0.25, 0.3) is 0 Å². The molecule has 18 heavy (non-hydrogen) atoms. The number of nitrogens with zero attached hydrogens (tertiary/aromatic N) is 1. The molecule has 0 radical (unpaired) electrons. The molecule has 2 nitrogen and oxygen atoms in total. The van der Waals surface area contributed by atoms with Gasteiger partial charge in [0.15, 0.2) is 0 Å². The van der Waals surface area contributed by atoms with E-state index in [9.17, 15) is 18.0 Å². The first-order valence-electron chi connectivity index (χ1n) is 5.94. The van der Waals surface area contributed by atoms with Crippen molar-refractivity contribution in [3.05, 3.63) is 16.6 Å². The average molecular weight is 277 g/mol. The lowest BCUT2D eigenvalue weighted by molar-refractivity contribution is -0.184. The predicted octanol–water partition coefficient (Wildman–Crippen LogP) is 3.62. The van der Waals surface area contributed by atoms with E-state index in [1.165, 1.54) is 11.3 Å². The standard InChI is InChI=1S/C12H14F3NOS/c13-12(14,15)9-3-1-8(2-4-9)10(17)7-11-16-5-6-18-11/h5-6,8-9H,1-4,7H2. The molecule has 0 aliphatic heterocycles. The predicted molar refractivity (Wildman–Crippen MR) is 62.3 cm³/mol. The number of alkyl halides is 3. The van der Waals surface area contributed by atoms with Gasteiger partial charge >= 0.3 is 6.18 Å². The summed E-state index contributed by atoms with van der Waals surface area (Å²) < 4.78 is 37.4. The summed E-state index contributed by atoms with van der Waals surface area (Å²) in [5, 5.41) is 2.54. The Hall–Kier alpha value is -0.910. The number of carbonyl (C=O) groups is 1. The van der Waals surface area contributed by atoms with Crippen LogP contribution in [0.1, 0.15) is 30.7 Å². The number of hydrogen-bond donors (Lipinski definition) is 0. The molecule has 1 heterocycles. The van der Waals surface area contributed by atoms with Crippen LogP contribution in [0.2, 0.25) is 0 Å². The summed E-state index contributed by atoms with van der Waals surface area (Å²) in [7, 11) is 0. The molecule has 1 aliphatic carbocycles. The third kappa shape index (κ3) is 3.31. The second-order valence-corrected chi connectivity index (χ2v) is 5.64. The van der Waals surface area contributed by atoms with Gasteiger partial charge in [-0.05, 0) is 25.7 Å². The highest BCUT2D eigenvalue weighted by Crippen LogP contribution is 2.39. The molecule has 0 bridgehead atoms. The van der Waals surface area contributed by atoms with E-state index >= 15 is 0 Å². The molecule has 1 aromatic heterocycles. The summed E-state index contributed by atoms with van der Waals surface area (Å²) in [6.07, 6.45) is -1.34. The van der Waals surface area contributed by atoms with E-state index in [2.05, 4.69) is 4.98 Å². The van der Waals surface area contributed by atoms with E-state index in [0.717, 1.165) is 5.01 Å². The Labute approximate surface area is 107 Å². The molecular weight excluding hydrogens is 263 g/mol. The fraction of sp³-hybridized carbons (Fsp3) is 0.667. The molecule has 0 atom stereocenters. The van der Waals surface area contributed by atoms with Crippen LogP contribution in [-0.2, 0) is 11.2 Å². The molecule has 100 valence electrons. The van der Waals surface area contributed by atoms with Crippen LogP contribution < -0.4 is 0 Å². The van der Waals surface area contributed by atoms with Gasteiger partial charge in [-0.25, -0.2) is 4.98 Å². The zero-order chi connectivity index (χ0) is 13.2. The van der Waals surface area contributed by atoms with E-state index < -0.39 is 12.1 Å². The Morgan fingerprint density at radius 1 is 1.33 bits per heavy atom. The van der Waals surface area contributed by atoms with Crippen LogP contribution in [0.15, 0.2) is 11.6 Å². The van der Waals surface area contributed by atoms with Gasteiger partial charge in [-0.15, -0.1) is 11.3 Å². The number of Topliss-reactive ketones (excluding diaryl/α,β-unsaturated/α-hetero) is 1. The normalized spacial score (nSPS) is 25.1. The summed E-state index contributed by atoms with van der Waals surface area (Å²) in [6, 6.07) is 0. The minimum atomic E-state index is -4.11. The van der Waals surface area contributed by atoms with Crippen molar-refractivity contribution in [2.45, 2.75) is 38.3 Å². The molecule has 0 amide bonds. The van der Waals surface area contributed by atoms with Gasteiger partial charge in [0, 0.05) is 17.5 Å². The molecule has 1 aliphatic rings. The first-order chi connectivity index (χ1) is 8.47. The van der Waals surface area contributed by atoms with Crippen molar-refractivity contribution in [1.29, 1.82) is 0 Å². The number of rotatable bonds is 3. The van der Waals surface area contributed by atoms with Crippen molar-refractivity contribution in [2.75, 3.05) is 0 Å². The van der Waals surface area contributed by atoms with Crippen molar-refractivity contribution >= 4 is 17.1 Å². The highest BCUT2D eigenvalue weighted by Gasteiger charge is 2.42. The Morgan fingerprint density at radius 2 is 2.00 bits per heavy atom. The molecule has 0 aromatic carbocycles. The summed E-state index contributed by atoms with van der Waals surface area (Å²) in [5.41, 5.74) is 0. The molecule has 0 N–H and O–H groups in total. The number of aromatic nitrogens is 1. The van der Waals surface area contributed by atoms with Crippen LogP contribution in [0, 0.1) is 11.8 Å². The summed E-state index contributed by atoms with van der Waals surface area (Å²) in [4.78, 5) is 15.9. The fourth-order valence-corrected chi connectivity index (χ4v) is 3.00. The largest absolute Gasteiger partial charge is 0.391 e. The Kier molecular flexibility index (Phi) is 4.04. The Balaban J connectivity index is 1.84. The lowest BCUT2D eigenvalue weighted by atomic mass is 9.79. The lowest BCUT2D eigenvalue weighted by Gasteiger charge is -2.28. The Morgan fingerprint density at radius 3 is 2.50 bits per heavy atom. The van der Waals surface area contributed by atoms with Gasteiger partial charge in [0.1, 0.15) is 5.78 Å². The van der Waals surface area contributed by atoms with Gasteiger partial charge < -0.3 is 0 Å². The van der Waals surface area contributed by atoms with Crippen molar-refractivity contribution in [2.24, 2.45) is 11.8 Å². The van der Waals surface area contributed by atoms with Crippen LogP contribution >= 0.6 is 11.3 Å². The minimum Gasteiger partial charge on any atom is -0.299 e. The van der Waals surface area contributed by atoms with Gasteiger partial charge in [0.25, 0.3) is 0 Å². The highest BCUT2D eigenvalue weighted by molar-refractivity contribution is 7.09.